The quantitative estimate of drug-likeness (QED) is 0.567. The van der Waals surface area contributed by atoms with Crippen LogP contribution in [0.3, 0.4) is 0 Å². The Hall–Kier alpha value is -1.91. The molecule has 18 heavy (non-hydrogen) atoms. The molecule has 0 bridgehead atoms. The number of benzene rings is 1. The van der Waals surface area contributed by atoms with Crippen molar-refractivity contribution >= 4 is 5.82 Å². The van der Waals surface area contributed by atoms with Crippen molar-refractivity contribution in [3.05, 3.63) is 58.8 Å². The number of nitrogen functional groups attached to an aromatic ring is 1. The molecule has 0 fully saturated rings. The van der Waals surface area contributed by atoms with Crippen molar-refractivity contribution in [3.8, 4) is 0 Å². The van der Waals surface area contributed by atoms with Gasteiger partial charge in [-0.25, -0.2) is 10.4 Å². The highest BCUT2D eigenvalue weighted by Gasteiger charge is 2.16. The lowest BCUT2D eigenvalue weighted by Gasteiger charge is -2.19. The van der Waals surface area contributed by atoms with Gasteiger partial charge < -0.3 is 5.73 Å². The van der Waals surface area contributed by atoms with Crippen LogP contribution in [-0.4, -0.2) is 4.98 Å². The summed E-state index contributed by atoms with van der Waals surface area (Å²) in [6, 6.07) is 10.0. The highest BCUT2D eigenvalue weighted by Crippen LogP contribution is 2.26. The number of nitrogens with zero attached hydrogens (tertiary/aromatic N) is 1. The normalized spacial score (nSPS) is 12.4. The van der Waals surface area contributed by atoms with Gasteiger partial charge in [-0.15, -0.1) is 0 Å². The molecule has 5 N–H and O–H groups in total. The lowest BCUT2D eigenvalue weighted by Crippen LogP contribution is -2.29. The Balaban J connectivity index is 2.48. The molecule has 0 spiro atoms. The molecule has 0 amide bonds. The van der Waals surface area contributed by atoms with Crippen LogP contribution in [0.15, 0.2) is 36.5 Å². The summed E-state index contributed by atoms with van der Waals surface area (Å²) in [5.74, 6) is 6.18. The van der Waals surface area contributed by atoms with Crippen LogP contribution in [0.1, 0.15) is 28.3 Å². The second-order valence-corrected chi connectivity index (χ2v) is 4.50. The fraction of sp³-hybridized carbons (Fsp3) is 0.214. The zero-order valence-corrected chi connectivity index (χ0v) is 10.6. The van der Waals surface area contributed by atoms with E-state index < -0.39 is 0 Å². The minimum Gasteiger partial charge on any atom is -0.383 e. The fourth-order valence-electron chi connectivity index (χ4n) is 2.05. The van der Waals surface area contributed by atoms with E-state index in [2.05, 4.69) is 29.5 Å². The molecule has 0 radical (unpaired) electrons. The highest BCUT2D eigenvalue weighted by atomic mass is 15.2. The third-order valence-corrected chi connectivity index (χ3v) is 2.94. The van der Waals surface area contributed by atoms with Gasteiger partial charge in [0.05, 0.1) is 6.04 Å². The van der Waals surface area contributed by atoms with Gasteiger partial charge in [-0.1, -0.05) is 29.8 Å². The van der Waals surface area contributed by atoms with Crippen LogP contribution in [0.5, 0.6) is 0 Å². The number of rotatable bonds is 3. The van der Waals surface area contributed by atoms with E-state index in [1.165, 1.54) is 5.56 Å². The summed E-state index contributed by atoms with van der Waals surface area (Å²) in [4.78, 5) is 4.18. The van der Waals surface area contributed by atoms with Gasteiger partial charge in [0.25, 0.3) is 0 Å². The van der Waals surface area contributed by atoms with E-state index in [1.54, 1.807) is 6.20 Å². The summed E-state index contributed by atoms with van der Waals surface area (Å²) in [5, 5.41) is 0. The molecule has 2 rings (SSSR count). The zero-order valence-electron chi connectivity index (χ0n) is 10.6. The van der Waals surface area contributed by atoms with Gasteiger partial charge in [-0.2, -0.15) is 0 Å². The number of pyridine rings is 1. The molecular formula is C14H18N4. The molecule has 0 saturated carbocycles. The number of nitrogens with two attached hydrogens (primary N) is 2. The smallest absolute Gasteiger partial charge is 0.128 e. The maximum absolute atomic E-state index is 5.93. The fourth-order valence-corrected chi connectivity index (χ4v) is 2.05. The van der Waals surface area contributed by atoms with Crippen LogP contribution in [0.2, 0.25) is 0 Å². The van der Waals surface area contributed by atoms with E-state index in [0.717, 1.165) is 16.7 Å². The molecule has 1 atom stereocenters. The van der Waals surface area contributed by atoms with Crippen molar-refractivity contribution in [2.24, 2.45) is 5.84 Å². The van der Waals surface area contributed by atoms with Gasteiger partial charge in [0, 0.05) is 11.8 Å². The second kappa shape index (κ2) is 5.16. The minimum atomic E-state index is -0.141. The molecule has 4 nitrogen and oxygen atoms in total. The molecular weight excluding hydrogens is 224 g/mol. The van der Waals surface area contributed by atoms with Crippen LogP contribution in [0.4, 0.5) is 5.82 Å². The van der Waals surface area contributed by atoms with Crippen molar-refractivity contribution < 1.29 is 0 Å². The second-order valence-electron chi connectivity index (χ2n) is 4.50. The van der Waals surface area contributed by atoms with Crippen molar-refractivity contribution in [2.45, 2.75) is 19.9 Å². The van der Waals surface area contributed by atoms with E-state index >= 15 is 0 Å². The molecule has 1 aromatic carbocycles. The number of aromatic nitrogens is 1. The van der Waals surface area contributed by atoms with Gasteiger partial charge in [-0.3, -0.25) is 5.84 Å². The summed E-state index contributed by atoms with van der Waals surface area (Å²) < 4.78 is 0. The first kappa shape index (κ1) is 12.5. The van der Waals surface area contributed by atoms with Crippen LogP contribution >= 0.6 is 0 Å². The average Bonchev–Trinajstić information content (AvgIpc) is 2.35. The third kappa shape index (κ3) is 2.50. The van der Waals surface area contributed by atoms with E-state index in [0.29, 0.717) is 5.82 Å². The maximum atomic E-state index is 5.93. The van der Waals surface area contributed by atoms with Crippen LogP contribution < -0.4 is 17.0 Å². The predicted molar refractivity (Wildman–Crippen MR) is 73.7 cm³/mol. The van der Waals surface area contributed by atoms with Crippen molar-refractivity contribution in [1.29, 1.82) is 0 Å². The van der Waals surface area contributed by atoms with E-state index in [1.807, 2.05) is 25.1 Å². The molecule has 4 heteroatoms. The van der Waals surface area contributed by atoms with Crippen LogP contribution in [0, 0.1) is 13.8 Å². The van der Waals surface area contributed by atoms with E-state index in [9.17, 15) is 0 Å². The minimum absolute atomic E-state index is 0.141. The van der Waals surface area contributed by atoms with Crippen molar-refractivity contribution in [2.75, 3.05) is 5.73 Å². The number of hydrogen-bond donors (Lipinski definition) is 3. The largest absolute Gasteiger partial charge is 0.383 e. The SMILES string of the molecule is Cc1cccc(C(NN)c2cc(C)cnc2N)c1. The van der Waals surface area contributed by atoms with E-state index in [4.69, 9.17) is 11.6 Å². The molecule has 94 valence electrons. The van der Waals surface area contributed by atoms with E-state index in [-0.39, 0.29) is 6.04 Å². The topological polar surface area (TPSA) is 77.0 Å². The summed E-state index contributed by atoms with van der Waals surface area (Å²) in [7, 11) is 0. The van der Waals surface area contributed by atoms with Gasteiger partial charge in [-0.05, 0) is 31.0 Å². The molecule has 1 unspecified atom stereocenters. The Morgan fingerprint density at radius 2 is 1.94 bits per heavy atom. The Morgan fingerprint density at radius 1 is 1.17 bits per heavy atom. The highest BCUT2D eigenvalue weighted by molar-refractivity contribution is 5.47. The first-order chi connectivity index (χ1) is 8.61. The molecule has 0 saturated heterocycles. The Morgan fingerprint density at radius 3 is 2.61 bits per heavy atom. The monoisotopic (exact) mass is 242 g/mol. The van der Waals surface area contributed by atoms with Gasteiger partial charge in [0.2, 0.25) is 0 Å². The van der Waals surface area contributed by atoms with Gasteiger partial charge in [0.1, 0.15) is 5.82 Å². The molecule has 0 aliphatic heterocycles. The number of anilines is 1. The maximum Gasteiger partial charge on any atom is 0.128 e. The molecule has 1 heterocycles. The molecule has 2 aromatic rings. The number of hydrazine groups is 1. The zero-order chi connectivity index (χ0) is 13.1. The molecule has 1 aromatic heterocycles. The summed E-state index contributed by atoms with van der Waals surface area (Å²) in [5.41, 5.74) is 13.0. The summed E-state index contributed by atoms with van der Waals surface area (Å²) in [6.07, 6.45) is 1.75. The molecule has 0 aliphatic carbocycles. The first-order valence-corrected chi connectivity index (χ1v) is 5.86. The lowest BCUT2D eigenvalue weighted by molar-refractivity contribution is 0.636. The molecule has 0 aliphatic rings. The Labute approximate surface area is 107 Å². The number of hydrogen-bond acceptors (Lipinski definition) is 4. The predicted octanol–water partition coefficient (Wildman–Crippen LogP) is 1.83. The summed E-state index contributed by atoms with van der Waals surface area (Å²) >= 11 is 0. The standard InChI is InChI=1S/C14H18N4/c1-9-4-3-5-11(6-9)13(18-16)12-7-10(2)8-17-14(12)15/h3-8,13,18H,16H2,1-2H3,(H2,15,17). The number of nitrogens with one attached hydrogen (secondary N) is 1. The summed E-state index contributed by atoms with van der Waals surface area (Å²) in [6.45, 7) is 4.04. The third-order valence-electron chi connectivity index (χ3n) is 2.94. The average molecular weight is 242 g/mol. The van der Waals surface area contributed by atoms with Crippen molar-refractivity contribution in [3.63, 3.8) is 0 Å². The van der Waals surface area contributed by atoms with Crippen LogP contribution in [-0.2, 0) is 0 Å². The Bertz CT molecular complexity index is 551. The van der Waals surface area contributed by atoms with Gasteiger partial charge in [0.15, 0.2) is 0 Å². The Kier molecular flexibility index (Phi) is 3.60. The lowest BCUT2D eigenvalue weighted by atomic mass is 9.97. The van der Waals surface area contributed by atoms with Gasteiger partial charge >= 0.3 is 0 Å². The van der Waals surface area contributed by atoms with Crippen molar-refractivity contribution in [1.82, 2.24) is 10.4 Å². The number of aryl methyl sites for hydroxylation is 2. The first-order valence-electron chi connectivity index (χ1n) is 5.86. The van der Waals surface area contributed by atoms with Crippen LogP contribution in [0.25, 0.3) is 0 Å².